The van der Waals surface area contributed by atoms with E-state index >= 15 is 0 Å². The first-order valence-corrected chi connectivity index (χ1v) is 16.5. The molecule has 0 spiro atoms. The molecular formula is C26H49BrNO7P. The minimum Gasteiger partial charge on any atom is -0.467 e. The zero-order chi connectivity index (χ0) is 26.2. The van der Waals surface area contributed by atoms with Gasteiger partial charge in [0.1, 0.15) is 12.4 Å². The molecule has 0 aliphatic heterocycles. The van der Waals surface area contributed by atoms with E-state index in [9.17, 15) is 9.46 Å². The Morgan fingerprint density at radius 2 is 1.42 bits per heavy atom. The Hall–Kier alpha value is -0.440. The van der Waals surface area contributed by atoms with E-state index in [0.717, 1.165) is 12.8 Å². The Balaban J connectivity index is 2.00. The maximum Gasteiger partial charge on any atom is 0.472 e. The number of nitrogens with zero attached hydrogens (tertiary/aromatic N) is 1. The van der Waals surface area contributed by atoms with Gasteiger partial charge in [-0.15, -0.1) is 0 Å². The third kappa shape index (κ3) is 20.6. The summed E-state index contributed by atoms with van der Waals surface area (Å²) in [6, 6.07) is 1.56. The molecule has 1 N–H and O–H groups in total. The van der Waals surface area contributed by atoms with E-state index in [2.05, 4.69) is 28.0 Å². The fraction of sp³-hybridized carbons (Fsp3) is 0.885. The highest BCUT2D eigenvalue weighted by molar-refractivity contribution is 9.09. The van der Waals surface area contributed by atoms with Crippen LogP contribution in [0.5, 0.6) is 5.88 Å². The van der Waals surface area contributed by atoms with Crippen molar-refractivity contribution in [2.75, 3.05) is 31.8 Å². The number of rotatable bonds is 27. The molecule has 0 aromatic carbocycles. The fourth-order valence-corrected chi connectivity index (χ4v) is 5.04. The average Bonchev–Trinajstić information content (AvgIpc) is 3.38. The monoisotopic (exact) mass is 597 g/mol. The molecule has 10 heteroatoms. The molecule has 36 heavy (non-hydrogen) atoms. The summed E-state index contributed by atoms with van der Waals surface area (Å²) in [4.78, 5) is 9.71. The first-order valence-electron chi connectivity index (χ1n) is 13.9. The van der Waals surface area contributed by atoms with Gasteiger partial charge in [0, 0.05) is 18.0 Å². The molecule has 2 atom stereocenters. The smallest absolute Gasteiger partial charge is 0.467 e. The summed E-state index contributed by atoms with van der Waals surface area (Å²) >= 11 is 3.14. The topological polar surface area (TPSA) is 100 Å². The van der Waals surface area contributed by atoms with Crippen molar-refractivity contribution < 1.29 is 32.5 Å². The van der Waals surface area contributed by atoms with E-state index in [1.54, 1.807) is 6.07 Å². The SMILES string of the molecule is CCCCCCCCCCCCCCCCCCOC[C@@H](COP(=O)(O)OCCBr)Oc1ccon1. The number of ether oxygens (including phenoxy) is 2. The van der Waals surface area contributed by atoms with Gasteiger partial charge in [-0.05, 0) is 11.6 Å². The highest BCUT2D eigenvalue weighted by Gasteiger charge is 2.24. The van der Waals surface area contributed by atoms with Gasteiger partial charge in [-0.2, -0.15) is 0 Å². The number of phosphoric ester groups is 1. The summed E-state index contributed by atoms with van der Waals surface area (Å²) in [7, 11) is -4.14. The third-order valence-electron chi connectivity index (χ3n) is 5.90. The lowest BCUT2D eigenvalue weighted by molar-refractivity contribution is 0.0120. The molecule has 1 unspecified atom stereocenters. The molecule has 0 saturated carbocycles. The van der Waals surface area contributed by atoms with Gasteiger partial charge in [0.05, 0.1) is 19.8 Å². The van der Waals surface area contributed by atoms with E-state index in [1.165, 1.54) is 96.2 Å². The van der Waals surface area contributed by atoms with Crippen LogP contribution in [0.25, 0.3) is 0 Å². The van der Waals surface area contributed by atoms with Crippen molar-refractivity contribution in [3.05, 3.63) is 12.3 Å². The summed E-state index contributed by atoms with van der Waals surface area (Å²) in [5, 5.41) is 4.14. The zero-order valence-corrected chi connectivity index (χ0v) is 24.7. The zero-order valence-electron chi connectivity index (χ0n) is 22.3. The quantitative estimate of drug-likeness (QED) is 0.0614. The van der Waals surface area contributed by atoms with Crippen molar-refractivity contribution in [2.24, 2.45) is 0 Å². The van der Waals surface area contributed by atoms with E-state index in [4.69, 9.17) is 23.0 Å². The van der Waals surface area contributed by atoms with E-state index in [0.29, 0.717) is 11.9 Å². The molecule has 1 aromatic heterocycles. The van der Waals surface area contributed by atoms with Gasteiger partial charge in [0.15, 0.2) is 0 Å². The number of unbranched alkanes of at least 4 members (excludes halogenated alkanes) is 15. The number of halogens is 1. The van der Waals surface area contributed by atoms with Gasteiger partial charge in [-0.1, -0.05) is 119 Å². The highest BCUT2D eigenvalue weighted by atomic mass is 79.9. The number of phosphoric acid groups is 1. The maximum atomic E-state index is 11.9. The van der Waals surface area contributed by atoms with Crippen molar-refractivity contribution in [1.29, 1.82) is 0 Å². The van der Waals surface area contributed by atoms with Crippen LogP contribution in [0.2, 0.25) is 0 Å². The van der Waals surface area contributed by atoms with Crippen molar-refractivity contribution in [1.82, 2.24) is 5.16 Å². The number of hydrogen-bond acceptors (Lipinski definition) is 7. The summed E-state index contributed by atoms with van der Waals surface area (Å²) in [5.41, 5.74) is 0. The van der Waals surface area contributed by atoms with Crippen LogP contribution in [0.3, 0.4) is 0 Å². The molecule has 0 amide bonds. The van der Waals surface area contributed by atoms with E-state index < -0.39 is 13.9 Å². The highest BCUT2D eigenvalue weighted by Crippen LogP contribution is 2.43. The predicted molar refractivity (Wildman–Crippen MR) is 147 cm³/mol. The van der Waals surface area contributed by atoms with Crippen LogP contribution in [0.1, 0.15) is 110 Å². The van der Waals surface area contributed by atoms with Crippen molar-refractivity contribution in [3.8, 4) is 5.88 Å². The van der Waals surface area contributed by atoms with Crippen LogP contribution in [-0.2, 0) is 18.3 Å². The van der Waals surface area contributed by atoms with Crippen LogP contribution >= 0.6 is 23.8 Å². The summed E-state index contributed by atoms with van der Waals surface area (Å²) < 4.78 is 37.9. The largest absolute Gasteiger partial charge is 0.472 e. The Kier molecular flexibility index (Phi) is 22.1. The van der Waals surface area contributed by atoms with Crippen molar-refractivity contribution in [2.45, 2.75) is 116 Å². The Bertz CT molecular complexity index is 636. The normalized spacial score (nSPS) is 14.1. The van der Waals surface area contributed by atoms with E-state index in [-0.39, 0.29) is 25.7 Å². The van der Waals surface area contributed by atoms with Crippen LogP contribution in [0.4, 0.5) is 0 Å². The van der Waals surface area contributed by atoms with Gasteiger partial charge in [0.25, 0.3) is 5.88 Å². The maximum absolute atomic E-state index is 11.9. The van der Waals surface area contributed by atoms with Gasteiger partial charge in [0.2, 0.25) is 0 Å². The molecule has 1 heterocycles. The summed E-state index contributed by atoms with van der Waals surface area (Å²) in [5.74, 6) is 0.267. The number of hydrogen-bond donors (Lipinski definition) is 1. The minimum absolute atomic E-state index is 0.0678. The van der Waals surface area contributed by atoms with Crippen LogP contribution < -0.4 is 4.74 Å². The lowest BCUT2D eigenvalue weighted by atomic mass is 10.0. The molecule has 0 radical (unpaired) electrons. The summed E-state index contributed by atoms with van der Waals surface area (Å²) in [6.45, 7) is 2.99. The summed E-state index contributed by atoms with van der Waals surface area (Å²) in [6.07, 6.45) is 22.0. The molecule has 1 aromatic rings. The standard InChI is InChI=1S/C26H49BrNO7P/c1-2-3-4-5-6-7-8-9-10-11-12-13-14-15-16-17-20-31-23-25(35-26-18-21-32-28-26)24-34-36(29,30)33-22-19-27/h18,21,25H,2-17,19-20,22-24H2,1H3,(H,29,30)/t25-/m0/s1. The molecule has 212 valence electrons. The molecular weight excluding hydrogens is 549 g/mol. The van der Waals surface area contributed by atoms with Gasteiger partial charge in [-0.25, -0.2) is 4.57 Å². The second kappa shape index (κ2) is 23.7. The van der Waals surface area contributed by atoms with Crippen molar-refractivity contribution >= 4 is 23.8 Å². The second-order valence-corrected chi connectivity index (χ2v) is 11.5. The average molecular weight is 599 g/mol. The minimum atomic E-state index is -4.14. The molecule has 0 aliphatic carbocycles. The lowest BCUT2D eigenvalue weighted by Gasteiger charge is -2.19. The fourth-order valence-electron chi connectivity index (χ4n) is 3.88. The Morgan fingerprint density at radius 3 is 1.92 bits per heavy atom. The Labute approximate surface area is 226 Å². The Morgan fingerprint density at radius 1 is 0.861 bits per heavy atom. The molecule has 0 bridgehead atoms. The van der Waals surface area contributed by atoms with Crippen LogP contribution in [0.15, 0.2) is 16.9 Å². The van der Waals surface area contributed by atoms with Crippen LogP contribution in [0, 0.1) is 0 Å². The lowest BCUT2D eigenvalue weighted by Crippen LogP contribution is -2.28. The molecule has 1 rings (SSSR count). The van der Waals surface area contributed by atoms with Crippen molar-refractivity contribution in [3.63, 3.8) is 0 Å². The first-order chi connectivity index (χ1) is 17.6. The third-order valence-corrected chi connectivity index (χ3v) is 7.21. The molecule has 0 aliphatic rings. The predicted octanol–water partition coefficient (Wildman–Crippen LogP) is 8.23. The first kappa shape index (κ1) is 33.6. The second-order valence-electron chi connectivity index (χ2n) is 9.24. The van der Waals surface area contributed by atoms with E-state index in [1.807, 2.05) is 0 Å². The van der Waals surface area contributed by atoms with Gasteiger partial charge < -0.3 is 18.9 Å². The van der Waals surface area contributed by atoms with Gasteiger partial charge >= 0.3 is 7.82 Å². The van der Waals surface area contributed by atoms with Crippen LogP contribution in [-0.4, -0.2) is 47.9 Å². The molecule has 0 fully saturated rings. The van der Waals surface area contributed by atoms with Gasteiger partial charge in [-0.3, -0.25) is 9.05 Å². The number of aromatic nitrogens is 1. The molecule has 8 nitrogen and oxygen atoms in total. The number of alkyl halides is 1. The molecule has 0 saturated heterocycles.